The number of rotatable bonds is 1. The predicted molar refractivity (Wildman–Crippen MR) is 77.3 cm³/mol. The number of nitrogens with two attached hydrogens (primary N) is 1. The van der Waals surface area contributed by atoms with Crippen molar-refractivity contribution in [1.82, 2.24) is 4.90 Å². The Balaban J connectivity index is 2.51. The van der Waals surface area contributed by atoms with Gasteiger partial charge in [-0.25, -0.2) is 13.2 Å². The van der Waals surface area contributed by atoms with Crippen LogP contribution >= 0.6 is 0 Å². The molecule has 0 bridgehead atoms. The fourth-order valence-corrected chi connectivity index (χ4v) is 3.11. The fourth-order valence-electron chi connectivity index (χ4n) is 3.11. The summed E-state index contributed by atoms with van der Waals surface area (Å²) in [6.07, 6.45) is 2.66. The van der Waals surface area contributed by atoms with Gasteiger partial charge in [-0.3, -0.25) is 4.90 Å². The Hall–Kier alpha value is -1.07. The summed E-state index contributed by atoms with van der Waals surface area (Å²) in [6.45, 7) is 6.84. The molecule has 0 aliphatic carbocycles. The summed E-state index contributed by atoms with van der Waals surface area (Å²) in [7, 11) is 0. The largest absolute Gasteiger partial charge is 0.326 e. The number of benzene rings is 1. The molecule has 1 heterocycles. The normalized spacial score (nSPS) is 24.9. The van der Waals surface area contributed by atoms with E-state index in [4.69, 9.17) is 5.73 Å². The van der Waals surface area contributed by atoms with E-state index in [-0.39, 0.29) is 17.1 Å². The van der Waals surface area contributed by atoms with Crippen molar-refractivity contribution in [2.45, 2.75) is 57.7 Å². The van der Waals surface area contributed by atoms with Gasteiger partial charge in [-0.05, 0) is 46.2 Å². The molecule has 2 nitrogen and oxygen atoms in total. The van der Waals surface area contributed by atoms with Crippen LogP contribution in [0, 0.1) is 17.5 Å². The van der Waals surface area contributed by atoms with E-state index in [9.17, 15) is 13.2 Å². The quantitative estimate of drug-likeness (QED) is 0.800. The fraction of sp³-hybridized carbons (Fsp3) is 0.625. The zero-order valence-corrected chi connectivity index (χ0v) is 12.8. The lowest BCUT2D eigenvalue weighted by Crippen LogP contribution is -2.49. The van der Waals surface area contributed by atoms with E-state index in [1.165, 1.54) is 0 Å². The molecule has 21 heavy (non-hydrogen) atoms. The third-order valence-electron chi connectivity index (χ3n) is 4.15. The van der Waals surface area contributed by atoms with Gasteiger partial charge in [-0.15, -0.1) is 0 Å². The van der Waals surface area contributed by atoms with Gasteiger partial charge >= 0.3 is 0 Å². The summed E-state index contributed by atoms with van der Waals surface area (Å²) in [5.41, 5.74) is 6.15. The molecule has 2 N–H and O–H groups in total. The van der Waals surface area contributed by atoms with Crippen molar-refractivity contribution in [3.05, 3.63) is 35.1 Å². The van der Waals surface area contributed by atoms with Crippen LogP contribution in [0.5, 0.6) is 0 Å². The topological polar surface area (TPSA) is 29.3 Å². The summed E-state index contributed by atoms with van der Waals surface area (Å²) < 4.78 is 40.9. The van der Waals surface area contributed by atoms with Gasteiger partial charge in [0.1, 0.15) is 5.82 Å². The number of nitrogens with zero attached hydrogens (tertiary/aromatic N) is 1. The van der Waals surface area contributed by atoms with Crippen LogP contribution in [-0.4, -0.2) is 23.0 Å². The molecule has 1 fully saturated rings. The first-order valence-corrected chi connectivity index (χ1v) is 7.38. The van der Waals surface area contributed by atoms with Crippen molar-refractivity contribution in [3.63, 3.8) is 0 Å². The highest BCUT2D eigenvalue weighted by atomic mass is 19.2. The van der Waals surface area contributed by atoms with Crippen molar-refractivity contribution in [2.24, 2.45) is 5.73 Å². The molecule has 5 heteroatoms. The lowest BCUT2D eigenvalue weighted by atomic mass is 9.92. The average molecular weight is 300 g/mol. The van der Waals surface area contributed by atoms with Gasteiger partial charge in [0, 0.05) is 23.2 Å². The predicted octanol–water partition coefficient (Wildman–Crippen LogP) is 3.76. The molecule has 1 aliphatic rings. The van der Waals surface area contributed by atoms with E-state index in [1.54, 1.807) is 0 Å². The third kappa shape index (κ3) is 3.40. The Morgan fingerprint density at radius 3 is 2.29 bits per heavy atom. The van der Waals surface area contributed by atoms with Crippen molar-refractivity contribution < 1.29 is 13.2 Å². The first kappa shape index (κ1) is 16.3. The minimum Gasteiger partial charge on any atom is -0.326 e. The Kier molecular flexibility index (Phi) is 4.63. The molecule has 0 spiro atoms. The van der Waals surface area contributed by atoms with Gasteiger partial charge in [0.2, 0.25) is 0 Å². The Labute approximate surface area is 124 Å². The maximum Gasteiger partial charge on any atom is 0.161 e. The highest BCUT2D eigenvalue weighted by Crippen LogP contribution is 2.36. The maximum absolute atomic E-state index is 14.2. The van der Waals surface area contributed by atoms with Gasteiger partial charge in [-0.1, -0.05) is 6.42 Å². The number of hydrogen-bond acceptors (Lipinski definition) is 2. The maximum atomic E-state index is 14.2. The molecule has 118 valence electrons. The van der Waals surface area contributed by atoms with Gasteiger partial charge in [0.25, 0.3) is 0 Å². The molecule has 1 aromatic carbocycles. The highest BCUT2D eigenvalue weighted by molar-refractivity contribution is 5.26. The molecular weight excluding hydrogens is 277 g/mol. The van der Waals surface area contributed by atoms with E-state index < -0.39 is 23.5 Å². The smallest absolute Gasteiger partial charge is 0.161 e. The number of likely N-dealkylation sites (tertiary alicyclic amines) is 1. The van der Waals surface area contributed by atoms with Gasteiger partial charge in [0.15, 0.2) is 11.6 Å². The molecule has 0 radical (unpaired) electrons. The van der Waals surface area contributed by atoms with E-state index in [1.807, 2.05) is 20.8 Å². The number of halogens is 3. The van der Waals surface area contributed by atoms with Crippen LogP contribution in [0.4, 0.5) is 13.2 Å². The molecule has 0 aromatic heterocycles. The minimum atomic E-state index is -1.17. The second-order valence-corrected chi connectivity index (χ2v) is 6.76. The second kappa shape index (κ2) is 5.97. The van der Waals surface area contributed by atoms with Gasteiger partial charge in [0.05, 0.1) is 6.04 Å². The summed E-state index contributed by atoms with van der Waals surface area (Å²) in [6, 6.07) is 0.830. The van der Waals surface area contributed by atoms with Crippen molar-refractivity contribution in [3.8, 4) is 0 Å². The molecule has 1 aliphatic heterocycles. The van der Waals surface area contributed by atoms with Gasteiger partial charge < -0.3 is 5.73 Å². The van der Waals surface area contributed by atoms with Crippen LogP contribution in [0.3, 0.4) is 0 Å². The van der Waals surface area contributed by atoms with Crippen molar-refractivity contribution in [1.29, 1.82) is 0 Å². The van der Waals surface area contributed by atoms with Crippen LogP contribution in [0.2, 0.25) is 0 Å². The molecule has 2 atom stereocenters. The first-order chi connectivity index (χ1) is 9.71. The Morgan fingerprint density at radius 1 is 1.05 bits per heavy atom. The van der Waals surface area contributed by atoms with Crippen molar-refractivity contribution >= 4 is 0 Å². The molecule has 1 aromatic rings. The second-order valence-electron chi connectivity index (χ2n) is 6.76. The van der Waals surface area contributed by atoms with Crippen LogP contribution in [-0.2, 0) is 0 Å². The standard InChI is InChI=1S/C16H23F3N2/c1-16(2,3)21-7-5-4-6-14(20)15(21)10-8-12(18)13(19)9-11(10)17/h8-9,14-15H,4-7,20H2,1-3H3. The SMILES string of the molecule is CC(C)(C)N1CCCCC(N)C1c1cc(F)c(F)cc1F. The minimum absolute atomic E-state index is 0.151. The molecule has 1 saturated heterocycles. The first-order valence-electron chi connectivity index (χ1n) is 7.38. The summed E-state index contributed by atoms with van der Waals surface area (Å²) in [5.74, 6) is -2.93. The Bertz CT molecular complexity index is 511. The zero-order valence-electron chi connectivity index (χ0n) is 12.8. The molecule has 2 unspecified atom stereocenters. The lowest BCUT2D eigenvalue weighted by molar-refractivity contribution is 0.0733. The summed E-state index contributed by atoms with van der Waals surface area (Å²) in [5, 5.41) is 0. The molecule has 0 saturated carbocycles. The number of hydrogen-bond donors (Lipinski definition) is 1. The molecule has 0 amide bonds. The molecular formula is C16H23F3N2. The van der Waals surface area contributed by atoms with Gasteiger partial charge in [-0.2, -0.15) is 0 Å². The van der Waals surface area contributed by atoms with Crippen LogP contribution in [0.15, 0.2) is 12.1 Å². The van der Waals surface area contributed by atoms with E-state index in [2.05, 4.69) is 4.90 Å². The van der Waals surface area contributed by atoms with Crippen LogP contribution < -0.4 is 5.73 Å². The monoisotopic (exact) mass is 300 g/mol. The zero-order chi connectivity index (χ0) is 15.8. The highest BCUT2D eigenvalue weighted by Gasteiger charge is 2.37. The van der Waals surface area contributed by atoms with E-state index in [0.29, 0.717) is 6.07 Å². The third-order valence-corrected chi connectivity index (χ3v) is 4.15. The van der Waals surface area contributed by atoms with Crippen molar-refractivity contribution in [2.75, 3.05) is 6.54 Å². The Morgan fingerprint density at radius 2 is 1.67 bits per heavy atom. The van der Waals surface area contributed by atoms with E-state index in [0.717, 1.165) is 31.9 Å². The van der Waals surface area contributed by atoms with Crippen LogP contribution in [0.1, 0.15) is 51.6 Å². The summed E-state index contributed by atoms with van der Waals surface area (Å²) >= 11 is 0. The van der Waals surface area contributed by atoms with E-state index >= 15 is 0 Å². The van der Waals surface area contributed by atoms with Crippen LogP contribution in [0.25, 0.3) is 0 Å². The molecule has 2 rings (SSSR count). The lowest BCUT2D eigenvalue weighted by Gasteiger charge is -2.43. The average Bonchev–Trinajstić information content (AvgIpc) is 2.55. The summed E-state index contributed by atoms with van der Waals surface area (Å²) in [4.78, 5) is 2.10.